The second-order valence-corrected chi connectivity index (χ2v) is 7.44. The maximum atomic E-state index is 12.2. The lowest BCUT2D eigenvalue weighted by molar-refractivity contribution is 0.0950. The molecule has 24 heavy (non-hydrogen) atoms. The van der Waals surface area contributed by atoms with E-state index in [2.05, 4.69) is 34.7 Å². The van der Waals surface area contributed by atoms with Gasteiger partial charge in [-0.15, -0.1) is 10.2 Å². The smallest absolute Gasteiger partial charge is 0.286 e. The molecule has 0 radical (unpaired) electrons. The van der Waals surface area contributed by atoms with Gasteiger partial charge in [0.25, 0.3) is 11.8 Å². The van der Waals surface area contributed by atoms with Crippen LogP contribution in [0.25, 0.3) is 0 Å². The van der Waals surface area contributed by atoms with Crippen molar-refractivity contribution in [2.24, 2.45) is 5.92 Å². The summed E-state index contributed by atoms with van der Waals surface area (Å²) in [4.78, 5) is 24.1. The Morgan fingerprint density at radius 1 is 1.17 bits per heavy atom. The second-order valence-electron chi connectivity index (χ2n) is 6.38. The number of aromatic nitrogens is 2. The number of anilines is 1. The van der Waals surface area contributed by atoms with Crippen LogP contribution in [0, 0.1) is 5.92 Å². The number of nitrogens with one attached hydrogen (secondary N) is 2. The third kappa shape index (κ3) is 4.38. The highest BCUT2D eigenvalue weighted by Crippen LogP contribution is 2.20. The van der Waals surface area contributed by atoms with Gasteiger partial charge in [-0.3, -0.25) is 9.59 Å². The molecule has 7 heteroatoms. The average Bonchev–Trinajstić information content (AvgIpc) is 3.23. The molecule has 0 bridgehead atoms. The zero-order valence-corrected chi connectivity index (χ0v) is 14.5. The number of benzene rings is 1. The van der Waals surface area contributed by atoms with Crippen molar-refractivity contribution >= 4 is 28.8 Å². The van der Waals surface area contributed by atoms with Crippen LogP contribution in [-0.4, -0.2) is 28.1 Å². The van der Waals surface area contributed by atoms with Gasteiger partial charge >= 0.3 is 0 Å². The van der Waals surface area contributed by atoms with E-state index >= 15 is 0 Å². The first-order valence-corrected chi connectivity index (χ1v) is 8.87. The van der Waals surface area contributed by atoms with Crippen molar-refractivity contribution in [1.29, 1.82) is 0 Å². The van der Waals surface area contributed by atoms with Crippen molar-refractivity contribution in [1.82, 2.24) is 15.5 Å². The van der Waals surface area contributed by atoms with Gasteiger partial charge in [0.1, 0.15) is 5.01 Å². The standard InChI is InChI=1S/C17H20N4O2S/c1-10(2)9-14-20-21-17(24-14)16(23)19-12-5-3-11(4-6-12)15(22)18-13-7-8-13/h3-6,10,13H,7-9H2,1-2H3,(H,18,22)(H,19,23). The minimum atomic E-state index is -0.280. The van der Waals surface area contributed by atoms with Gasteiger partial charge in [0.05, 0.1) is 0 Å². The lowest BCUT2D eigenvalue weighted by Crippen LogP contribution is -2.25. The molecule has 0 unspecified atom stereocenters. The maximum absolute atomic E-state index is 12.2. The summed E-state index contributed by atoms with van der Waals surface area (Å²) >= 11 is 1.31. The van der Waals surface area contributed by atoms with Gasteiger partial charge < -0.3 is 10.6 Å². The van der Waals surface area contributed by atoms with Crippen LogP contribution in [0.15, 0.2) is 24.3 Å². The predicted molar refractivity (Wildman–Crippen MR) is 93.3 cm³/mol. The van der Waals surface area contributed by atoms with Gasteiger partial charge in [-0.25, -0.2) is 0 Å². The summed E-state index contributed by atoms with van der Waals surface area (Å²) < 4.78 is 0. The topological polar surface area (TPSA) is 84.0 Å². The highest BCUT2D eigenvalue weighted by Gasteiger charge is 2.23. The molecule has 0 aliphatic heterocycles. The third-order valence-corrected chi connectivity index (χ3v) is 4.51. The molecule has 0 atom stereocenters. The molecule has 1 aliphatic rings. The van der Waals surface area contributed by atoms with Crippen LogP contribution in [0.2, 0.25) is 0 Å². The Bertz CT molecular complexity index is 735. The van der Waals surface area contributed by atoms with Gasteiger partial charge in [0.15, 0.2) is 0 Å². The zero-order valence-electron chi connectivity index (χ0n) is 13.7. The van der Waals surface area contributed by atoms with E-state index in [0.29, 0.717) is 28.2 Å². The van der Waals surface area contributed by atoms with E-state index in [4.69, 9.17) is 0 Å². The summed E-state index contributed by atoms with van der Waals surface area (Å²) in [5, 5.41) is 14.9. The summed E-state index contributed by atoms with van der Waals surface area (Å²) in [5.41, 5.74) is 1.22. The fourth-order valence-electron chi connectivity index (χ4n) is 2.16. The normalized spacial score (nSPS) is 13.8. The van der Waals surface area contributed by atoms with Crippen molar-refractivity contribution < 1.29 is 9.59 Å². The molecule has 6 nitrogen and oxygen atoms in total. The van der Waals surface area contributed by atoms with E-state index in [1.807, 2.05) is 0 Å². The van der Waals surface area contributed by atoms with Gasteiger partial charge in [-0.05, 0) is 43.0 Å². The van der Waals surface area contributed by atoms with Crippen molar-refractivity contribution in [3.05, 3.63) is 39.8 Å². The quantitative estimate of drug-likeness (QED) is 0.844. The van der Waals surface area contributed by atoms with Crippen molar-refractivity contribution in [3.63, 3.8) is 0 Å². The van der Waals surface area contributed by atoms with E-state index < -0.39 is 0 Å². The molecular formula is C17H20N4O2S. The van der Waals surface area contributed by atoms with Crippen LogP contribution < -0.4 is 10.6 Å². The Labute approximate surface area is 144 Å². The minimum absolute atomic E-state index is 0.0715. The molecular weight excluding hydrogens is 324 g/mol. The first-order valence-electron chi connectivity index (χ1n) is 8.06. The van der Waals surface area contributed by atoms with Gasteiger partial charge in [0.2, 0.25) is 5.01 Å². The molecule has 126 valence electrons. The molecule has 1 heterocycles. The van der Waals surface area contributed by atoms with Crippen LogP contribution >= 0.6 is 11.3 Å². The molecule has 0 spiro atoms. The highest BCUT2D eigenvalue weighted by atomic mass is 32.1. The maximum Gasteiger partial charge on any atom is 0.286 e. The molecule has 1 fully saturated rings. The summed E-state index contributed by atoms with van der Waals surface area (Å²) in [6, 6.07) is 7.18. The predicted octanol–water partition coefficient (Wildman–Crippen LogP) is 2.88. The number of nitrogens with zero attached hydrogens (tertiary/aromatic N) is 2. The lowest BCUT2D eigenvalue weighted by Gasteiger charge is -2.05. The molecule has 2 amide bonds. The number of hydrogen-bond acceptors (Lipinski definition) is 5. The van der Waals surface area contributed by atoms with Crippen LogP contribution in [0.1, 0.15) is 51.9 Å². The molecule has 1 aromatic heterocycles. The monoisotopic (exact) mass is 344 g/mol. The number of hydrogen-bond donors (Lipinski definition) is 2. The van der Waals surface area contributed by atoms with E-state index in [1.165, 1.54) is 11.3 Å². The van der Waals surface area contributed by atoms with Crippen LogP contribution in [0.4, 0.5) is 5.69 Å². The number of carbonyl (C=O) groups is 2. The summed E-state index contributed by atoms with van der Waals surface area (Å²) in [7, 11) is 0. The van der Waals surface area contributed by atoms with Gasteiger partial charge in [0, 0.05) is 23.7 Å². The fourth-order valence-corrected chi connectivity index (χ4v) is 3.11. The van der Waals surface area contributed by atoms with Crippen molar-refractivity contribution in [2.45, 2.75) is 39.2 Å². The Hall–Kier alpha value is -2.28. The Balaban J connectivity index is 1.59. The summed E-state index contributed by atoms with van der Waals surface area (Å²) in [5.74, 6) is 0.124. The average molecular weight is 344 g/mol. The molecule has 2 N–H and O–H groups in total. The number of rotatable bonds is 6. The zero-order chi connectivity index (χ0) is 17.1. The summed E-state index contributed by atoms with van der Waals surface area (Å²) in [6.45, 7) is 4.20. The third-order valence-electron chi connectivity index (χ3n) is 3.56. The minimum Gasteiger partial charge on any atom is -0.349 e. The van der Waals surface area contributed by atoms with Crippen LogP contribution in [0.3, 0.4) is 0 Å². The van der Waals surface area contributed by atoms with Crippen LogP contribution in [-0.2, 0) is 6.42 Å². The number of carbonyl (C=O) groups excluding carboxylic acids is 2. The first-order chi connectivity index (χ1) is 11.5. The van der Waals surface area contributed by atoms with E-state index in [1.54, 1.807) is 24.3 Å². The fraction of sp³-hybridized carbons (Fsp3) is 0.412. The second kappa shape index (κ2) is 7.09. The molecule has 1 aromatic carbocycles. The van der Waals surface area contributed by atoms with Gasteiger partial charge in [-0.1, -0.05) is 25.2 Å². The Kier molecular flexibility index (Phi) is 4.89. The lowest BCUT2D eigenvalue weighted by atomic mass is 10.1. The highest BCUT2D eigenvalue weighted by molar-refractivity contribution is 7.13. The molecule has 2 aromatic rings. The molecule has 1 aliphatic carbocycles. The number of amides is 2. The summed E-state index contributed by atoms with van der Waals surface area (Å²) in [6.07, 6.45) is 2.93. The first kappa shape index (κ1) is 16.6. The van der Waals surface area contributed by atoms with E-state index in [9.17, 15) is 9.59 Å². The molecule has 0 saturated heterocycles. The molecule has 1 saturated carbocycles. The SMILES string of the molecule is CC(C)Cc1nnc(C(=O)Nc2ccc(C(=O)NC3CC3)cc2)s1. The van der Waals surface area contributed by atoms with Crippen molar-refractivity contribution in [2.75, 3.05) is 5.32 Å². The Morgan fingerprint density at radius 2 is 1.88 bits per heavy atom. The Morgan fingerprint density at radius 3 is 2.50 bits per heavy atom. The largest absolute Gasteiger partial charge is 0.349 e. The molecule has 3 rings (SSSR count). The van der Waals surface area contributed by atoms with E-state index in [-0.39, 0.29) is 11.8 Å². The van der Waals surface area contributed by atoms with Crippen LogP contribution in [0.5, 0.6) is 0 Å². The van der Waals surface area contributed by atoms with E-state index in [0.717, 1.165) is 24.3 Å². The van der Waals surface area contributed by atoms with Gasteiger partial charge in [-0.2, -0.15) is 0 Å². The van der Waals surface area contributed by atoms with Crippen molar-refractivity contribution in [3.8, 4) is 0 Å².